The van der Waals surface area contributed by atoms with Crippen LogP contribution in [0.4, 0.5) is 5.82 Å². The number of benzene rings is 1. The zero-order valence-corrected chi connectivity index (χ0v) is 14.3. The molecule has 0 aliphatic heterocycles. The number of ether oxygens (including phenoxy) is 1. The van der Waals surface area contributed by atoms with Gasteiger partial charge in [0, 0.05) is 26.6 Å². The van der Waals surface area contributed by atoms with Crippen LogP contribution >= 0.6 is 0 Å². The molecule has 8 nitrogen and oxygen atoms in total. The third-order valence-electron chi connectivity index (χ3n) is 4.04. The van der Waals surface area contributed by atoms with Crippen LogP contribution in [0, 0.1) is 0 Å². The van der Waals surface area contributed by atoms with Gasteiger partial charge in [0.1, 0.15) is 16.9 Å². The van der Waals surface area contributed by atoms with Gasteiger partial charge in [-0.15, -0.1) is 0 Å². The van der Waals surface area contributed by atoms with Crippen LogP contribution in [0.2, 0.25) is 0 Å². The number of fused-ring (bicyclic) bond motifs is 2. The molecule has 8 heteroatoms. The molecule has 0 saturated carbocycles. The number of nitrogens with two attached hydrogens (primary N) is 1. The van der Waals surface area contributed by atoms with Crippen LogP contribution in [0.5, 0.6) is 0 Å². The van der Waals surface area contributed by atoms with Gasteiger partial charge in [-0.3, -0.25) is 4.79 Å². The zero-order chi connectivity index (χ0) is 17.8. The number of anilines is 1. The predicted molar refractivity (Wildman–Crippen MR) is 96.0 cm³/mol. The normalized spacial score (nSPS) is 11.3. The molecular weight excluding hydrogens is 320 g/mol. The molecule has 0 bridgehead atoms. The van der Waals surface area contributed by atoms with Crippen molar-refractivity contribution in [3.63, 3.8) is 0 Å². The molecule has 3 aromatic rings. The average Bonchev–Trinajstić information content (AvgIpc) is 2.88. The number of carbonyl (C=O) groups is 1. The molecular formula is C17H23N6O2+. The molecule has 0 aliphatic carbocycles. The predicted octanol–water partition coefficient (Wildman–Crippen LogP) is 0.175. The number of nitrogens with one attached hydrogen (secondary N) is 1. The van der Waals surface area contributed by atoms with Crippen molar-refractivity contribution in [1.29, 1.82) is 0 Å². The summed E-state index contributed by atoms with van der Waals surface area (Å²) in [5.41, 5.74) is 13.2. The molecule has 0 spiro atoms. The van der Waals surface area contributed by atoms with Crippen LogP contribution < -0.4 is 16.8 Å². The molecule has 0 radical (unpaired) electrons. The average molecular weight is 343 g/mol. The minimum atomic E-state index is -0.266. The smallest absolute Gasteiger partial charge is 0.257 e. The molecule has 2 aromatic heterocycles. The molecule has 132 valence electrons. The van der Waals surface area contributed by atoms with Gasteiger partial charge < -0.3 is 26.1 Å². The van der Waals surface area contributed by atoms with Crippen molar-refractivity contribution in [2.24, 2.45) is 0 Å². The number of nitrogen functional groups attached to an aromatic ring is 1. The van der Waals surface area contributed by atoms with E-state index in [1.807, 2.05) is 28.8 Å². The second kappa shape index (κ2) is 7.45. The lowest BCUT2D eigenvalue weighted by molar-refractivity contribution is -0.368. The highest BCUT2D eigenvalue weighted by Crippen LogP contribution is 2.27. The van der Waals surface area contributed by atoms with Crippen molar-refractivity contribution >= 4 is 33.9 Å². The first-order valence-corrected chi connectivity index (χ1v) is 8.28. The third kappa shape index (κ3) is 3.26. The van der Waals surface area contributed by atoms with Crippen molar-refractivity contribution in [2.75, 3.05) is 32.5 Å². The number of hydrogen-bond acceptors (Lipinski definition) is 5. The lowest BCUT2D eigenvalue weighted by Gasteiger charge is -2.06. The Bertz CT molecular complexity index is 905. The second-order valence-corrected chi connectivity index (χ2v) is 5.75. The highest BCUT2D eigenvalue weighted by Gasteiger charge is 2.23. The molecule has 1 amide bonds. The van der Waals surface area contributed by atoms with E-state index in [-0.39, 0.29) is 5.91 Å². The Hall–Kier alpha value is -2.71. The standard InChI is InChI=1S/C17H22N6O2/c1-25-10-8-20-17(24)13-14-16(23(15(13)19)9-4-7-18)22-12-6-3-2-5-11(12)21-14/h2-3,5-6H,4,7-10,18-19H2,1H3,(H,20,24)/p+1. The molecule has 2 heterocycles. The summed E-state index contributed by atoms with van der Waals surface area (Å²) in [6.45, 7) is 2.25. The molecule has 1 aromatic carbocycles. The van der Waals surface area contributed by atoms with E-state index in [0.29, 0.717) is 42.2 Å². The largest absolute Gasteiger partial charge is 0.384 e. The first kappa shape index (κ1) is 17.1. The van der Waals surface area contributed by atoms with Gasteiger partial charge in [-0.2, -0.15) is 0 Å². The fraction of sp³-hybridized carbons (Fsp3) is 0.353. The topological polar surface area (TPSA) is 123 Å². The number of aromatic nitrogens is 3. The van der Waals surface area contributed by atoms with E-state index in [2.05, 4.69) is 21.0 Å². The Labute approximate surface area is 145 Å². The summed E-state index contributed by atoms with van der Waals surface area (Å²) >= 11 is 0. The number of amides is 1. The van der Waals surface area contributed by atoms with Crippen LogP contribution in [0.15, 0.2) is 24.3 Å². The van der Waals surface area contributed by atoms with Crippen LogP contribution in [-0.2, 0) is 11.3 Å². The summed E-state index contributed by atoms with van der Waals surface area (Å²) in [5.74, 6) is 0.117. The van der Waals surface area contributed by atoms with E-state index in [9.17, 15) is 4.79 Å². The Morgan fingerprint density at radius 3 is 2.72 bits per heavy atom. The number of rotatable bonds is 7. The van der Waals surface area contributed by atoms with Gasteiger partial charge >= 0.3 is 0 Å². The number of carbonyl (C=O) groups excluding carboxylic acids is 1. The Morgan fingerprint density at radius 1 is 1.32 bits per heavy atom. The van der Waals surface area contributed by atoms with E-state index in [4.69, 9.17) is 10.5 Å². The zero-order valence-electron chi connectivity index (χ0n) is 14.3. The third-order valence-corrected chi connectivity index (χ3v) is 4.04. The van der Waals surface area contributed by atoms with Crippen LogP contribution in [0.25, 0.3) is 22.2 Å². The molecule has 0 aliphatic rings. The van der Waals surface area contributed by atoms with Gasteiger partial charge in [0.2, 0.25) is 0 Å². The van der Waals surface area contributed by atoms with Crippen LogP contribution in [0.1, 0.15) is 16.8 Å². The maximum Gasteiger partial charge on any atom is 0.257 e. The highest BCUT2D eigenvalue weighted by atomic mass is 16.5. The summed E-state index contributed by atoms with van der Waals surface area (Å²) in [6, 6.07) is 7.57. The number of hydrogen-bond donors (Lipinski definition) is 3. The maximum absolute atomic E-state index is 12.6. The summed E-state index contributed by atoms with van der Waals surface area (Å²) in [5, 5.41) is 2.81. The Morgan fingerprint density at radius 2 is 2.04 bits per heavy atom. The minimum absolute atomic E-state index is 0.266. The van der Waals surface area contributed by atoms with Crippen LogP contribution in [-0.4, -0.2) is 47.2 Å². The van der Waals surface area contributed by atoms with Crippen molar-refractivity contribution in [2.45, 2.75) is 13.0 Å². The minimum Gasteiger partial charge on any atom is -0.384 e. The quantitative estimate of drug-likeness (QED) is 0.528. The maximum atomic E-state index is 12.6. The number of quaternary nitrogens is 1. The summed E-state index contributed by atoms with van der Waals surface area (Å²) in [6.07, 6.45) is 0.840. The number of nitrogens with zero attached hydrogens (tertiary/aromatic N) is 3. The van der Waals surface area contributed by atoms with Crippen molar-refractivity contribution in [3.05, 3.63) is 29.8 Å². The Kier molecular flexibility index (Phi) is 5.11. The van der Waals surface area contributed by atoms with Gasteiger partial charge in [-0.25, -0.2) is 9.97 Å². The van der Waals surface area contributed by atoms with Crippen molar-refractivity contribution in [3.8, 4) is 0 Å². The molecule has 6 N–H and O–H groups in total. The first-order valence-electron chi connectivity index (χ1n) is 8.28. The molecule has 0 saturated heterocycles. The summed E-state index contributed by atoms with van der Waals surface area (Å²) < 4.78 is 6.83. The molecule has 0 fully saturated rings. The van der Waals surface area contributed by atoms with Crippen molar-refractivity contribution in [1.82, 2.24) is 19.9 Å². The fourth-order valence-corrected chi connectivity index (χ4v) is 2.79. The summed E-state index contributed by atoms with van der Waals surface area (Å²) in [4.78, 5) is 22.0. The molecule has 3 rings (SSSR count). The summed E-state index contributed by atoms with van der Waals surface area (Å²) in [7, 11) is 1.59. The SMILES string of the molecule is COCCNC(=O)c1c(N)n(CCC[NH3+])c2nc3ccccc3nc12. The lowest BCUT2D eigenvalue weighted by Crippen LogP contribution is -2.50. The molecule has 0 atom stereocenters. The van der Waals surface area contributed by atoms with Gasteiger partial charge in [-0.1, -0.05) is 12.1 Å². The van der Waals surface area contributed by atoms with E-state index < -0.39 is 0 Å². The van der Waals surface area contributed by atoms with Gasteiger partial charge in [0.25, 0.3) is 5.91 Å². The number of para-hydroxylation sites is 2. The van der Waals surface area contributed by atoms with E-state index in [1.54, 1.807) is 7.11 Å². The van der Waals surface area contributed by atoms with Gasteiger partial charge in [-0.05, 0) is 12.1 Å². The van der Waals surface area contributed by atoms with E-state index in [1.165, 1.54) is 0 Å². The Balaban J connectivity index is 2.15. The van der Waals surface area contributed by atoms with Gasteiger partial charge in [0.05, 0.1) is 24.2 Å². The molecule has 0 unspecified atom stereocenters. The number of methoxy groups -OCH3 is 1. The fourth-order valence-electron chi connectivity index (χ4n) is 2.79. The second-order valence-electron chi connectivity index (χ2n) is 5.75. The van der Waals surface area contributed by atoms with Crippen molar-refractivity contribution < 1.29 is 15.3 Å². The molecule has 25 heavy (non-hydrogen) atoms. The van der Waals surface area contributed by atoms with E-state index >= 15 is 0 Å². The lowest BCUT2D eigenvalue weighted by atomic mass is 10.2. The number of aryl methyl sites for hydroxylation is 1. The van der Waals surface area contributed by atoms with Crippen LogP contribution in [0.3, 0.4) is 0 Å². The van der Waals surface area contributed by atoms with Gasteiger partial charge in [0.15, 0.2) is 5.65 Å². The highest BCUT2D eigenvalue weighted by molar-refractivity contribution is 6.10. The van der Waals surface area contributed by atoms with E-state index in [0.717, 1.165) is 24.0 Å². The first-order chi connectivity index (χ1) is 12.2. The monoisotopic (exact) mass is 343 g/mol.